The molecule has 0 bridgehead atoms. The van der Waals surface area contributed by atoms with E-state index < -0.39 is 0 Å². The lowest BCUT2D eigenvalue weighted by Crippen LogP contribution is -2.31. The van der Waals surface area contributed by atoms with E-state index in [-0.39, 0.29) is 11.2 Å². The predicted octanol–water partition coefficient (Wildman–Crippen LogP) is 12.6. The second kappa shape index (κ2) is 11.6. The van der Waals surface area contributed by atoms with Crippen LogP contribution in [-0.4, -0.2) is 0 Å². The molecule has 0 amide bonds. The van der Waals surface area contributed by atoms with Gasteiger partial charge in [0.05, 0.1) is 16.9 Å². The van der Waals surface area contributed by atoms with Crippen LogP contribution < -0.4 is 4.90 Å². The van der Waals surface area contributed by atoms with Gasteiger partial charge in [0.1, 0.15) is 0 Å². The van der Waals surface area contributed by atoms with Crippen molar-refractivity contribution in [2.75, 3.05) is 4.90 Å². The molecule has 42 heavy (non-hydrogen) atoms. The zero-order valence-corrected chi connectivity index (χ0v) is 27.9. The number of rotatable bonds is 8. The summed E-state index contributed by atoms with van der Waals surface area (Å²) in [5, 5.41) is 2.45. The lowest BCUT2D eigenvalue weighted by Gasteiger charge is -2.34. The molecule has 0 atom stereocenters. The van der Waals surface area contributed by atoms with E-state index in [1.807, 2.05) is 0 Å². The summed E-state index contributed by atoms with van der Waals surface area (Å²) < 4.78 is 9.21. The molecule has 5 aromatic carbocycles. The van der Waals surface area contributed by atoms with Crippen molar-refractivity contribution in [1.29, 1.82) is 0 Å². The summed E-state index contributed by atoms with van der Waals surface area (Å²) in [5.41, 5.74) is 7.99. The minimum atomic E-state index is -0.272. The highest BCUT2D eigenvalue weighted by Gasteiger charge is 2.49. The van der Waals surface area contributed by atoms with Crippen molar-refractivity contribution < 1.29 is 4.74 Å². The normalized spacial score (nSPS) is 15.1. The molecule has 0 N–H and O–H groups in total. The lowest BCUT2D eigenvalue weighted by atomic mass is 9.81. The highest BCUT2D eigenvalue weighted by Crippen LogP contribution is 2.55. The first-order chi connectivity index (χ1) is 20.4. The SMILES string of the molecule is CCC1(CC)OC(CC)(CC)c2cc(-c3cc4ccccc4cc3N(c3ccc(Br)cc3)c3ccc(Br)cc3)ccc21. The Balaban J connectivity index is 1.64. The van der Waals surface area contributed by atoms with Crippen LogP contribution in [0, 0.1) is 0 Å². The summed E-state index contributed by atoms with van der Waals surface area (Å²) in [6.45, 7) is 9.06. The fourth-order valence-corrected chi connectivity index (χ4v) is 7.30. The molecule has 1 heterocycles. The van der Waals surface area contributed by atoms with Crippen molar-refractivity contribution in [3.05, 3.63) is 123 Å². The van der Waals surface area contributed by atoms with Crippen LogP contribution in [0.25, 0.3) is 21.9 Å². The van der Waals surface area contributed by atoms with Crippen LogP contribution in [0.1, 0.15) is 64.5 Å². The average molecular weight is 684 g/mol. The molecule has 0 unspecified atom stereocenters. The Kier molecular flexibility index (Phi) is 8.08. The molecule has 6 rings (SSSR count). The minimum Gasteiger partial charge on any atom is -0.359 e. The molecule has 0 fully saturated rings. The molecule has 5 aromatic rings. The van der Waals surface area contributed by atoms with E-state index in [4.69, 9.17) is 4.74 Å². The molecule has 0 saturated carbocycles. The number of ether oxygens (including phenoxy) is 1. The summed E-state index contributed by atoms with van der Waals surface area (Å²) in [5.74, 6) is 0. The third-order valence-corrected chi connectivity index (χ3v) is 10.3. The van der Waals surface area contributed by atoms with Gasteiger partial charge in [-0.05, 0) is 120 Å². The van der Waals surface area contributed by atoms with Gasteiger partial charge in [0, 0.05) is 25.9 Å². The molecule has 1 aliphatic rings. The van der Waals surface area contributed by atoms with Crippen LogP contribution >= 0.6 is 31.9 Å². The van der Waals surface area contributed by atoms with E-state index in [0.717, 1.165) is 51.7 Å². The van der Waals surface area contributed by atoms with Crippen LogP contribution in [0.5, 0.6) is 0 Å². The lowest BCUT2D eigenvalue weighted by molar-refractivity contribution is -0.151. The Bertz CT molecular complexity index is 1670. The van der Waals surface area contributed by atoms with Crippen LogP contribution in [0.4, 0.5) is 17.1 Å². The predicted molar refractivity (Wildman–Crippen MR) is 185 cm³/mol. The summed E-state index contributed by atoms with van der Waals surface area (Å²) in [4.78, 5) is 2.37. The van der Waals surface area contributed by atoms with Crippen molar-refractivity contribution in [3.8, 4) is 11.1 Å². The Morgan fingerprint density at radius 1 is 0.571 bits per heavy atom. The first-order valence-electron chi connectivity index (χ1n) is 15.1. The molecule has 0 spiro atoms. The third-order valence-electron chi connectivity index (χ3n) is 9.26. The van der Waals surface area contributed by atoms with Crippen molar-refractivity contribution >= 4 is 59.7 Å². The minimum absolute atomic E-state index is 0.229. The van der Waals surface area contributed by atoms with Gasteiger partial charge >= 0.3 is 0 Å². The topological polar surface area (TPSA) is 12.5 Å². The van der Waals surface area contributed by atoms with Crippen LogP contribution in [-0.2, 0) is 15.9 Å². The zero-order chi connectivity index (χ0) is 29.5. The molecular formula is C38H37Br2NO. The van der Waals surface area contributed by atoms with Gasteiger partial charge < -0.3 is 9.64 Å². The Morgan fingerprint density at radius 2 is 1.07 bits per heavy atom. The van der Waals surface area contributed by atoms with Gasteiger partial charge in [0.2, 0.25) is 0 Å². The molecule has 0 saturated heterocycles. The molecule has 0 radical (unpaired) electrons. The molecule has 0 aromatic heterocycles. The van der Waals surface area contributed by atoms with Crippen LogP contribution in [0.15, 0.2) is 112 Å². The first-order valence-corrected chi connectivity index (χ1v) is 16.6. The summed E-state index contributed by atoms with van der Waals surface area (Å²) in [7, 11) is 0. The maximum atomic E-state index is 7.08. The quantitative estimate of drug-likeness (QED) is 0.161. The molecule has 2 nitrogen and oxygen atoms in total. The number of halogens is 2. The maximum absolute atomic E-state index is 7.08. The molecular weight excluding hydrogens is 646 g/mol. The van der Waals surface area contributed by atoms with Gasteiger partial charge in [-0.15, -0.1) is 0 Å². The highest BCUT2D eigenvalue weighted by molar-refractivity contribution is 9.10. The van der Waals surface area contributed by atoms with Gasteiger partial charge in [-0.1, -0.05) is 96.0 Å². The Morgan fingerprint density at radius 3 is 1.60 bits per heavy atom. The molecule has 214 valence electrons. The van der Waals surface area contributed by atoms with Crippen molar-refractivity contribution in [2.24, 2.45) is 0 Å². The van der Waals surface area contributed by atoms with E-state index in [1.165, 1.54) is 33.0 Å². The van der Waals surface area contributed by atoms with Crippen LogP contribution in [0.2, 0.25) is 0 Å². The molecule has 4 heteroatoms. The smallest absolute Gasteiger partial charge is 0.0942 e. The van der Waals surface area contributed by atoms with Gasteiger partial charge in [0.15, 0.2) is 0 Å². The van der Waals surface area contributed by atoms with E-state index in [0.29, 0.717) is 0 Å². The van der Waals surface area contributed by atoms with E-state index in [1.54, 1.807) is 0 Å². The fourth-order valence-electron chi connectivity index (χ4n) is 6.77. The van der Waals surface area contributed by atoms with Gasteiger partial charge in [-0.25, -0.2) is 0 Å². The summed E-state index contributed by atoms with van der Waals surface area (Å²) >= 11 is 7.27. The number of nitrogens with zero attached hydrogens (tertiary/aromatic N) is 1. The first kappa shape index (κ1) is 29.2. The van der Waals surface area contributed by atoms with Gasteiger partial charge in [0.25, 0.3) is 0 Å². The van der Waals surface area contributed by atoms with Gasteiger partial charge in [-0.3, -0.25) is 0 Å². The zero-order valence-electron chi connectivity index (χ0n) is 24.8. The Labute approximate surface area is 267 Å². The largest absolute Gasteiger partial charge is 0.359 e. The second-order valence-corrected chi connectivity index (χ2v) is 13.1. The fraction of sp³-hybridized carbons (Fsp3) is 0.263. The van der Waals surface area contributed by atoms with E-state index in [2.05, 4.69) is 168 Å². The summed E-state index contributed by atoms with van der Waals surface area (Å²) in [6, 6.07) is 37.6. The summed E-state index contributed by atoms with van der Waals surface area (Å²) in [6.07, 6.45) is 3.85. The standard InChI is InChI=1S/C38H37Br2NO/c1-5-37(6-2)34-22-13-28(24-35(34)38(7-3,8-4)42-37)33-23-26-11-9-10-12-27(26)25-36(33)41(31-18-14-29(39)15-19-31)32-20-16-30(40)17-21-32/h9-25H,5-8H2,1-4H3. The number of fused-ring (bicyclic) bond motifs is 2. The number of benzene rings is 5. The Hall–Kier alpha value is -2.92. The monoisotopic (exact) mass is 681 g/mol. The third kappa shape index (κ3) is 4.92. The van der Waals surface area contributed by atoms with Crippen molar-refractivity contribution in [1.82, 2.24) is 0 Å². The van der Waals surface area contributed by atoms with Crippen LogP contribution in [0.3, 0.4) is 0 Å². The number of anilines is 3. The van der Waals surface area contributed by atoms with E-state index in [9.17, 15) is 0 Å². The number of hydrogen-bond acceptors (Lipinski definition) is 2. The highest BCUT2D eigenvalue weighted by atomic mass is 79.9. The van der Waals surface area contributed by atoms with Gasteiger partial charge in [-0.2, -0.15) is 0 Å². The van der Waals surface area contributed by atoms with Crippen molar-refractivity contribution in [2.45, 2.75) is 64.6 Å². The maximum Gasteiger partial charge on any atom is 0.0942 e. The van der Waals surface area contributed by atoms with Crippen molar-refractivity contribution in [3.63, 3.8) is 0 Å². The van der Waals surface area contributed by atoms with E-state index >= 15 is 0 Å². The molecule has 1 aliphatic heterocycles. The number of hydrogen-bond donors (Lipinski definition) is 0. The molecule has 0 aliphatic carbocycles. The second-order valence-electron chi connectivity index (χ2n) is 11.3. The average Bonchev–Trinajstić information content (AvgIpc) is 3.32.